The molecule has 1 aliphatic carbocycles. The molecule has 2 heteroatoms. The van der Waals surface area contributed by atoms with E-state index in [0.717, 1.165) is 12.8 Å². The molecule has 1 aromatic rings. The summed E-state index contributed by atoms with van der Waals surface area (Å²) in [4.78, 5) is 11.5. The number of Topliss-reactive ketones (excluding diaryl/α,β-unsaturated/α-hetero) is 1. The van der Waals surface area contributed by atoms with Crippen LogP contribution < -0.4 is 5.32 Å². The Balaban J connectivity index is 2.15. The molecule has 0 bridgehead atoms. The summed E-state index contributed by atoms with van der Waals surface area (Å²) >= 11 is 0. The number of carbonyl (C=O) groups excluding carboxylic acids is 1. The van der Waals surface area contributed by atoms with E-state index in [9.17, 15) is 4.79 Å². The molecule has 1 aliphatic rings. The number of fused-ring (bicyclic) bond motifs is 1. The van der Waals surface area contributed by atoms with Gasteiger partial charge in [0.05, 0.1) is 6.04 Å². The lowest BCUT2D eigenvalue weighted by molar-refractivity contribution is -0.120. The minimum Gasteiger partial charge on any atom is -0.310 e. The highest BCUT2D eigenvalue weighted by Crippen LogP contribution is 2.28. The van der Waals surface area contributed by atoms with Crippen LogP contribution in [-0.2, 0) is 17.6 Å². The van der Waals surface area contributed by atoms with Crippen LogP contribution in [0.5, 0.6) is 0 Å². The van der Waals surface area contributed by atoms with Gasteiger partial charge in [0.15, 0.2) is 0 Å². The Kier molecular flexibility index (Phi) is 2.87. The largest absolute Gasteiger partial charge is 0.310 e. The minimum atomic E-state index is 0.0115. The highest BCUT2D eigenvalue weighted by Gasteiger charge is 2.29. The fraction of sp³-hybridized carbons (Fsp3) is 0.462. The van der Waals surface area contributed by atoms with Crippen molar-refractivity contribution < 1.29 is 4.79 Å². The molecule has 2 rings (SSSR count). The van der Waals surface area contributed by atoms with E-state index >= 15 is 0 Å². The summed E-state index contributed by atoms with van der Waals surface area (Å²) in [7, 11) is 1.87. The van der Waals surface area contributed by atoms with Crippen molar-refractivity contribution >= 4 is 5.78 Å². The zero-order valence-corrected chi connectivity index (χ0v) is 9.29. The van der Waals surface area contributed by atoms with Crippen LogP contribution in [0.2, 0.25) is 0 Å². The van der Waals surface area contributed by atoms with Crippen molar-refractivity contribution in [1.82, 2.24) is 5.32 Å². The van der Waals surface area contributed by atoms with Gasteiger partial charge in [-0.15, -0.1) is 0 Å². The summed E-state index contributed by atoms with van der Waals surface area (Å²) < 4.78 is 0. The van der Waals surface area contributed by atoms with E-state index in [4.69, 9.17) is 0 Å². The zero-order chi connectivity index (χ0) is 10.8. The summed E-state index contributed by atoms with van der Waals surface area (Å²) in [5.74, 6) is 0.681. The lowest BCUT2D eigenvalue weighted by Crippen LogP contribution is -2.39. The van der Waals surface area contributed by atoms with Gasteiger partial charge in [0, 0.05) is 0 Å². The Labute approximate surface area is 90.7 Å². The molecule has 0 saturated heterocycles. The molecular weight excluding hydrogens is 186 g/mol. The van der Waals surface area contributed by atoms with Gasteiger partial charge in [0.1, 0.15) is 5.78 Å². The van der Waals surface area contributed by atoms with Crippen molar-refractivity contribution in [3.05, 3.63) is 35.4 Å². The number of ketones is 1. The smallest absolute Gasteiger partial charge is 0.146 e. The molecular formula is C13H17NO. The first-order chi connectivity index (χ1) is 7.22. The van der Waals surface area contributed by atoms with E-state index in [2.05, 4.69) is 29.6 Å². The fourth-order valence-corrected chi connectivity index (χ4v) is 2.60. The average molecular weight is 203 g/mol. The Morgan fingerprint density at radius 2 is 1.87 bits per heavy atom. The van der Waals surface area contributed by atoms with Gasteiger partial charge in [-0.25, -0.2) is 0 Å². The number of benzene rings is 1. The van der Waals surface area contributed by atoms with Crippen LogP contribution in [0, 0.1) is 5.92 Å². The Hall–Kier alpha value is -1.15. The van der Waals surface area contributed by atoms with Crippen molar-refractivity contribution in [3.63, 3.8) is 0 Å². The monoisotopic (exact) mass is 203 g/mol. The van der Waals surface area contributed by atoms with E-state index in [1.807, 2.05) is 7.05 Å². The molecule has 0 aliphatic heterocycles. The number of hydrogen-bond donors (Lipinski definition) is 1. The molecule has 0 spiro atoms. The van der Waals surface area contributed by atoms with Crippen LogP contribution >= 0.6 is 0 Å². The molecule has 1 atom stereocenters. The molecule has 0 radical (unpaired) electrons. The molecule has 15 heavy (non-hydrogen) atoms. The third kappa shape index (κ3) is 1.95. The Morgan fingerprint density at radius 1 is 1.33 bits per heavy atom. The number of likely N-dealkylation sites (N-methyl/N-ethyl adjacent to an activating group) is 1. The van der Waals surface area contributed by atoms with Crippen molar-refractivity contribution in [2.75, 3.05) is 7.05 Å². The fourth-order valence-electron chi connectivity index (χ4n) is 2.60. The van der Waals surface area contributed by atoms with Crippen LogP contribution in [-0.4, -0.2) is 18.9 Å². The number of rotatable bonds is 3. The quantitative estimate of drug-likeness (QED) is 0.808. The summed E-state index contributed by atoms with van der Waals surface area (Å²) in [5.41, 5.74) is 2.81. The second kappa shape index (κ2) is 4.15. The second-order valence-electron chi connectivity index (χ2n) is 4.31. The van der Waals surface area contributed by atoms with Gasteiger partial charge < -0.3 is 5.32 Å². The minimum absolute atomic E-state index is 0.0115. The van der Waals surface area contributed by atoms with Gasteiger partial charge in [-0.3, -0.25) is 4.79 Å². The van der Waals surface area contributed by atoms with Crippen molar-refractivity contribution in [2.24, 2.45) is 5.92 Å². The van der Waals surface area contributed by atoms with Gasteiger partial charge in [0.2, 0.25) is 0 Å². The van der Waals surface area contributed by atoms with Gasteiger partial charge in [-0.05, 0) is 43.9 Å². The SMILES string of the molecule is CNC(C(C)=O)C1Cc2ccccc2C1. The predicted octanol–water partition coefficient (Wildman–Crippen LogP) is 1.58. The number of carbonyl (C=O) groups is 1. The topological polar surface area (TPSA) is 29.1 Å². The third-order valence-corrected chi connectivity index (χ3v) is 3.30. The summed E-state index contributed by atoms with van der Waals surface area (Å²) in [6.45, 7) is 1.67. The first kappa shape index (κ1) is 10.4. The Bertz CT molecular complexity index is 348. The first-order valence-electron chi connectivity index (χ1n) is 5.47. The van der Waals surface area contributed by atoms with Crippen LogP contribution in [0.25, 0.3) is 0 Å². The molecule has 80 valence electrons. The Morgan fingerprint density at radius 3 is 2.27 bits per heavy atom. The molecule has 0 heterocycles. The summed E-state index contributed by atoms with van der Waals surface area (Å²) in [5, 5.41) is 3.13. The highest BCUT2D eigenvalue weighted by molar-refractivity contribution is 5.82. The maximum absolute atomic E-state index is 11.5. The lowest BCUT2D eigenvalue weighted by atomic mass is 9.94. The van der Waals surface area contributed by atoms with Crippen LogP contribution in [0.15, 0.2) is 24.3 Å². The third-order valence-electron chi connectivity index (χ3n) is 3.30. The molecule has 1 aromatic carbocycles. The predicted molar refractivity (Wildman–Crippen MR) is 60.9 cm³/mol. The van der Waals surface area contributed by atoms with Gasteiger partial charge in [-0.1, -0.05) is 24.3 Å². The van der Waals surface area contributed by atoms with Crippen molar-refractivity contribution in [1.29, 1.82) is 0 Å². The summed E-state index contributed by atoms with van der Waals surface area (Å²) in [6.07, 6.45) is 2.06. The lowest BCUT2D eigenvalue weighted by Gasteiger charge is -2.19. The van der Waals surface area contributed by atoms with E-state index < -0.39 is 0 Å². The molecule has 1 unspecified atom stereocenters. The standard InChI is InChI=1S/C13H17NO/c1-9(15)13(14-2)12-7-10-5-3-4-6-11(10)8-12/h3-6,12-14H,7-8H2,1-2H3. The normalized spacial score (nSPS) is 17.5. The van der Waals surface area contributed by atoms with E-state index in [-0.39, 0.29) is 11.8 Å². The van der Waals surface area contributed by atoms with Gasteiger partial charge in [0.25, 0.3) is 0 Å². The number of nitrogens with one attached hydrogen (secondary N) is 1. The molecule has 0 amide bonds. The summed E-state index contributed by atoms with van der Waals surface area (Å²) in [6, 6.07) is 8.49. The maximum Gasteiger partial charge on any atom is 0.146 e. The van der Waals surface area contributed by atoms with E-state index in [0.29, 0.717) is 5.92 Å². The van der Waals surface area contributed by atoms with Gasteiger partial charge >= 0.3 is 0 Å². The van der Waals surface area contributed by atoms with Gasteiger partial charge in [-0.2, -0.15) is 0 Å². The van der Waals surface area contributed by atoms with Crippen molar-refractivity contribution in [2.45, 2.75) is 25.8 Å². The highest BCUT2D eigenvalue weighted by atomic mass is 16.1. The van der Waals surface area contributed by atoms with Crippen LogP contribution in [0.1, 0.15) is 18.1 Å². The zero-order valence-electron chi connectivity index (χ0n) is 9.29. The molecule has 1 N–H and O–H groups in total. The molecule has 0 aromatic heterocycles. The molecule has 0 saturated carbocycles. The van der Waals surface area contributed by atoms with E-state index in [1.165, 1.54) is 11.1 Å². The average Bonchev–Trinajstić information content (AvgIpc) is 2.61. The first-order valence-corrected chi connectivity index (χ1v) is 5.47. The molecule has 2 nitrogen and oxygen atoms in total. The van der Waals surface area contributed by atoms with Crippen LogP contribution in [0.3, 0.4) is 0 Å². The number of hydrogen-bond acceptors (Lipinski definition) is 2. The van der Waals surface area contributed by atoms with Crippen LogP contribution in [0.4, 0.5) is 0 Å². The maximum atomic E-state index is 11.5. The second-order valence-corrected chi connectivity index (χ2v) is 4.31. The van der Waals surface area contributed by atoms with Crippen molar-refractivity contribution in [3.8, 4) is 0 Å². The molecule has 0 fully saturated rings. The van der Waals surface area contributed by atoms with E-state index in [1.54, 1.807) is 6.92 Å².